The summed E-state index contributed by atoms with van der Waals surface area (Å²) in [7, 11) is 0. The molecule has 1 aliphatic heterocycles. The van der Waals surface area contributed by atoms with E-state index < -0.39 is 0 Å². The Hall–Kier alpha value is -2.71. The number of fused-ring (bicyclic) bond motifs is 1. The topological polar surface area (TPSA) is 84.7 Å². The molecule has 1 atom stereocenters. The van der Waals surface area contributed by atoms with E-state index in [0.29, 0.717) is 42.7 Å². The standard InChI is InChI=1S/C18H19ClN6O2/c1-12(17-23-22-15-4-2-3-5-25(15)17)21-16-14(19)10-13(11-20-16)18(26)24-6-8-27-9-7-24/h2-5,10-12H,6-9H2,1H3,(H,20,21). The van der Waals surface area contributed by atoms with Crippen molar-refractivity contribution in [2.45, 2.75) is 13.0 Å². The minimum atomic E-state index is -0.173. The predicted octanol–water partition coefficient (Wildman–Crippen LogP) is 2.42. The number of carbonyl (C=O) groups is 1. The van der Waals surface area contributed by atoms with Crippen LogP contribution in [0.1, 0.15) is 29.1 Å². The molecular formula is C18H19ClN6O2. The zero-order chi connectivity index (χ0) is 18.8. The lowest BCUT2D eigenvalue weighted by Gasteiger charge is -2.26. The molecule has 0 aromatic carbocycles. The fourth-order valence-electron chi connectivity index (χ4n) is 3.03. The van der Waals surface area contributed by atoms with Gasteiger partial charge in [0, 0.05) is 25.5 Å². The number of carbonyl (C=O) groups excluding carboxylic acids is 1. The Morgan fingerprint density at radius 1 is 1.30 bits per heavy atom. The maximum atomic E-state index is 12.5. The van der Waals surface area contributed by atoms with Gasteiger partial charge in [-0.1, -0.05) is 17.7 Å². The molecule has 3 aromatic rings. The molecule has 1 N–H and O–H groups in total. The van der Waals surface area contributed by atoms with Gasteiger partial charge in [0.05, 0.1) is 29.8 Å². The molecule has 0 aliphatic carbocycles. The van der Waals surface area contributed by atoms with Gasteiger partial charge in [0.25, 0.3) is 5.91 Å². The molecule has 4 heterocycles. The van der Waals surface area contributed by atoms with E-state index in [1.807, 2.05) is 35.7 Å². The highest BCUT2D eigenvalue weighted by atomic mass is 35.5. The SMILES string of the molecule is CC(Nc1ncc(C(=O)N2CCOCC2)cc1Cl)c1nnc2ccccn12. The quantitative estimate of drug-likeness (QED) is 0.741. The molecule has 140 valence electrons. The molecule has 4 rings (SSSR count). The Morgan fingerprint density at radius 2 is 2.11 bits per heavy atom. The van der Waals surface area contributed by atoms with Crippen molar-refractivity contribution in [1.82, 2.24) is 24.5 Å². The van der Waals surface area contributed by atoms with Crippen LogP contribution in [0.4, 0.5) is 5.82 Å². The van der Waals surface area contributed by atoms with Crippen molar-refractivity contribution in [3.05, 3.63) is 53.1 Å². The zero-order valence-electron chi connectivity index (χ0n) is 14.8. The molecule has 0 radical (unpaired) electrons. The molecule has 8 nitrogen and oxygen atoms in total. The first kappa shape index (κ1) is 17.7. The van der Waals surface area contributed by atoms with Gasteiger partial charge in [-0.2, -0.15) is 0 Å². The van der Waals surface area contributed by atoms with Crippen LogP contribution in [0.5, 0.6) is 0 Å². The second-order valence-corrected chi connectivity index (χ2v) is 6.72. The first-order valence-electron chi connectivity index (χ1n) is 8.72. The Bertz CT molecular complexity index is 969. The lowest BCUT2D eigenvalue weighted by atomic mass is 10.2. The monoisotopic (exact) mass is 386 g/mol. The summed E-state index contributed by atoms with van der Waals surface area (Å²) in [4.78, 5) is 18.6. The number of aromatic nitrogens is 4. The Balaban J connectivity index is 1.51. The fourth-order valence-corrected chi connectivity index (χ4v) is 3.26. The first-order valence-corrected chi connectivity index (χ1v) is 9.10. The zero-order valence-corrected chi connectivity index (χ0v) is 15.6. The predicted molar refractivity (Wildman–Crippen MR) is 101 cm³/mol. The molecule has 1 saturated heterocycles. The molecule has 0 spiro atoms. The molecular weight excluding hydrogens is 368 g/mol. The Morgan fingerprint density at radius 3 is 2.89 bits per heavy atom. The van der Waals surface area contributed by atoms with E-state index in [0.717, 1.165) is 11.5 Å². The number of rotatable bonds is 4. The van der Waals surface area contributed by atoms with Crippen LogP contribution >= 0.6 is 11.6 Å². The van der Waals surface area contributed by atoms with Gasteiger partial charge < -0.3 is 15.0 Å². The summed E-state index contributed by atoms with van der Waals surface area (Å²) in [6.07, 6.45) is 3.45. The van der Waals surface area contributed by atoms with E-state index in [-0.39, 0.29) is 11.9 Å². The number of hydrogen-bond acceptors (Lipinski definition) is 6. The van der Waals surface area contributed by atoms with Crippen LogP contribution in [0, 0.1) is 0 Å². The summed E-state index contributed by atoms with van der Waals surface area (Å²) in [6.45, 7) is 4.21. The van der Waals surface area contributed by atoms with E-state index >= 15 is 0 Å². The molecule has 1 aliphatic rings. The summed E-state index contributed by atoms with van der Waals surface area (Å²) in [6, 6.07) is 7.19. The van der Waals surface area contributed by atoms with Crippen LogP contribution in [-0.2, 0) is 4.74 Å². The molecule has 1 unspecified atom stereocenters. The van der Waals surface area contributed by atoms with Crippen molar-refractivity contribution < 1.29 is 9.53 Å². The van der Waals surface area contributed by atoms with Gasteiger partial charge in [0.2, 0.25) is 0 Å². The highest BCUT2D eigenvalue weighted by Gasteiger charge is 2.21. The third kappa shape index (κ3) is 3.58. The van der Waals surface area contributed by atoms with Gasteiger partial charge in [-0.25, -0.2) is 4.98 Å². The van der Waals surface area contributed by atoms with Gasteiger partial charge in [-0.05, 0) is 25.1 Å². The van der Waals surface area contributed by atoms with Crippen LogP contribution in [0.15, 0.2) is 36.7 Å². The summed E-state index contributed by atoms with van der Waals surface area (Å²) < 4.78 is 7.18. The van der Waals surface area contributed by atoms with Gasteiger partial charge in [-0.3, -0.25) is 9.20 Å². The minimum Gasteiger partial charge on any atom is -0.378 e. The van der Waals surface area contributed by atoms with Crippen molar-refractivity contribution in [2.24, 2.45) is 0 Å². The molecule has 1 fully saturated rings. The van der Waals surface area contributed by atoms with Crippen molar-refractivity contribution >= 4 is 29.0 Å². The van der Waals surface area contributed by atoms with Crippen LogP contribution in [-0.4, -0.2) is 56.7 Å². The maximum absolute atomic E-state index is 12.5. The van der Waals surface area contributed by atoms with Crippen molar-refractivity contribution in [3.8, 4) is 0 Å². The summed E-state index contributed by atoms with van der Waals surface area (Å²) >= 11 is 6.37. The Labute approximate surface area is 161 Å². The number of amides is 1. The second-order valence-electron chi connectivity index (χ2n) is 6.31. The number of halogens is 1. The minimum absolute atomic E-state index is 0.0873. The molecule has 27 heavy (non-hydrogen) atoms. The number of pyridine rings is 2. The van der Waals surface area contributed by atoms with Crippen molar-refractivity contribution in [2.75, 3.05) is 31.6 Å². The summed E-state index contributed by atoms with van der Waals surface area (Å²) in [5.41, 5.74) is 1.24. The average Bonchev–Trinajstić information content (AvgIpc) is 3.14. The van der Waals surface area contributed by atoms with E-state index in [9.17, 15) is 4.79 Å². The van der Waals surface area contributed by atoms with Gasteiger partial charge in [-0.15, -0.1) is 10.2 Å². The van der Waals surface area contributed by atoms with Crippen LogP contribution in [0.2, 0.25) is 5.02 Å². The largest absolute Gasteiger partial charge is 0.378 e. The third-order valence-corrected chi connectivity index (χ3v) is 4.76. The third-order valence-electron chi connectivity index (χ3n) is 4.47. The normalized spacial score (nSPS) is 15.7. The molecule has 0 saturated carbocycles. The lowest BCUT2D eigenvalue weighted by Crippen LogP contribution is -2.40. The van der Waals surface area contributed by atoms with E-state index in [1.54, 1.807) is 17.2 Å². The smallest absolute Gasteiger partial charge is 0.255 e. The van der Waals surface area contributed by atoms with Crippen LogP contribution < -0.4 is 5.32 Å². The lowest BCUT2D eigenvalue weighted by molar-refractivity contribution is 0.0302. The van der Waals surface area contributed by atoms with Crippen LogP contribution in [0.3, 0.4) is 0 Å². The highest BCUT2D eigenvalue weighted by molar-refractivity contribution is 6.33. The second kappa shape index (κ2) is 7.50. The van der Waals surface area contributed by atoms with Crippen LogP contribution in [0.25, 0.3) is 5.65 Å². The van der Waals surface area contributed by atoms with Crippen molar-refractivity contribution in [1.29, 1.82) is 0 Å². The number of ether oxygens (including phenoxy) is 1. The average molecular weight is 387 g/mol. The van der Waals surface area contributed by atoms with Crippen molar-refractivity contribution in [3.63, 3.8) is 0 Å². The van der Waals surface area contributed by atoms with E-state index in [1.165, 1.54) is 0 Å². The molecule has 3 aromatic heterocycles. The Kier molecular flexibility index (Phi) is 4.91. The van der Waals surface area contributed by atoms with E-state index in [2.05, 4.69) is 20.5 Å². The molecule has 1 amide bonds. The highest BCUT2D eigenvalue weighted by Crippen LogP contribution is 2.25. The fraction of sp³-hybridized carbons (Fsp3) is 0.333. The number of hydrogen-bond donors (Lipinski definition) is 1. The number of anilines is 1. The van der Waals surface area contributed by atoms with E-state index in [4.69, 9.17) is 16.3 Å². The van der Waals surface area contributed by atoms with Gasteiger partial charge >= 0.3 is 0 Å². The number of morpholine rings is 1. The van der Waals surface area contributed by atoms with Gasteiger partial charge in [0.1, 0.15) is 5.82 Å². The number of nitrogens with zero attached hydrogens (tertiary/aromatic N) is 5. The van der Waals surface area contributed by atoms with Gasteiger partial charge in [0.15, 0.2) is 11.5 Å². The number of nitrogens with one attached hydrogen (secondary N) is 1. The maximum Gasteiger partial charge on any atom is 0.255 e. The first-order chi connectivity index (χ1) is 13.1. The summed E-state index contributed by atoms with van der Waals surface area (Å²) in [5.74, 6) is 1.16. The molecule has 9 heteroatoms. The summed E-state index contributed by atoms with van der Waals surface area (Å²) in [5, 5.41) is 12.0. The molecule has 0 bridgehead atoms.